The molecule has 2 aromatic heterocycles. The summed E-state index contributed by atoms with van der Waals surface area (Å²) in [7, 11) is 0. The quantitative estimate of drug-likeness (QED) is 0.560. The van der Waals surface area contributed by atoms with E-state index in [0.29, 0.717) is 24.6 Å². The van der Waals surface area contributed by atoms with Crippen LogP contribution in [0.25, 0.3) is 11.0 Å². The van der Waals surface area contributed by atoms with Gasteiger partial charge in [0.25, 0.3) is 0 Å². The average molecular weight is 424 g/mol. The summed E-state index contributed by atoms with van der Waals surface area (Å²) >= 11 is 3.50. The van der Waals surface area contributed by atoms with Crippen molar-refractivity contribution in [1.82, 2.24) is 9.55 Å². The Morgan fingerprint density at radius 2 is 1.96 bits per heavy atom. The summed E-state index contributed by atoms with van der Waals surface area (Å²) < 4.78 is 35.1. The van der Waals surface area contributed by atoms with Gasteiger partial charge in [-0.1, -0.05) is 6.92 Å². The molecule has 2 heterocycles. The lowest BCUT2D eigenvalue weighted by atomic mass is 10.0. The zero-order chi connectivity index (χ0) is 18.7. The second-order valence-electron chi connectivity index (χ2n) is 6.18. The number of hydrogen-bond acceptors (Lipinski definition) is 3. The highest BCUT2D eigenvalue weighted by molar-refractivity contribution is 9.10. The molecule has 0 amide bonds. The van der Waals surface area contributed by atoms with Crippen LogP contribution in [-0.4, -0.2) is 16.2 Å². The molecule has 3 aromatic rings. The first kappa shape index (κ1) is 18.9. The monoisotopic (exact) mass is 423 g/mol. The third kappa shape index (κ3) is 4.28. The van der Waals surface area contributed by atoms with Gasteiger partial charge >= 0.3 is 0 Å². The van der Waals surface area contributed by atoms with Gasteiger partial charge in [-0.05, 0) is 58.6 Å². The lowest BCUT2D eigenvalue weighted by molar-refractivity contribution is 0.0800. The minimum absolute atomic E-state index is 0.277. The van der Waals surface area contributed by atoms with E-state index in [9.17, 15) is 8.78 Å². The zero-order valence-electron chi connectivity index (χ0n) is 14.4. The first-order valence-corrected chi connectivity index (χ1v) is 9.20. The molecule has 0 bridgehead atoms. The zero-order valence-corrected chi connectivity index (χ0v) is 16.0. The predicted molar refractivity (Wildman–Crippen MR) is 101 cm³/mol. The lowest BCUT2D eigenvalue weighted by Crippen LogP contribution is -2.16. The van der Waals surface area contributed by atoms with Crippen molar-refractivity contribution in [3.05, 3.63) is 63.9 Å². The number of aromatic nitrogens is 2. The summed E-state index contributed by atoms with van der Waals surface area (Å²) in [6, 6.07) is 6.82. The molecule has 0 aliphatic carbocycles. The van der Waals surface area contributed by atoms with E-state index in [1.165, 1.54) is 12.1 Å². The van der Waals surface area contributed by atoms with Crippen molar-refractivity contribution in [2.45, 2.75) is 32.5 Å². The number of halogens is 3. The van der Waals surface area contributed by atoms with Gasteiger partial charge in [0.2, 0.25) is 0 Å². The maximum atomic E-state index is 13.4. The molecule has 7 heteroatoms. The van der Waals surface area contributed by atoms with Crippen LogP contribution in [0.4, 0.5) is 8.78 Å². The lowest BCUT2D eigenvalue weighted by Gasteiger charge is -2.14. The maximum absolute atomic E-state index is 13.4. The minimum Gasteiger partial charge on any atom is -0.361 e. The van der Waals surface area contributed by atoms with Crippen LogP contribution in [0.15, 0.2) is 41.0 Å². The highest BCUT2D eigenvalue weighted by Gasteiger charge is 2.16. The van der Waals surface area contributed by atoms with E-state index in [-0.39, 0.29) is 6.42 Å². The number of rotatable bonds is 7. The molecule has 0 aliphatic heterocycles. The summed E-state index contributed by atoms with van der Waals surface area (Å²) in [5.74, 6) is -1.23. The van der Waals surface area contributed by atoms with Gasteiger partial charge in [0, 0.05) is 28.7 Å². The van der Waals surface area contributed by atoms with Gasteiger partial charge in [0.15, 0.2) is 0 Å². The van der Waals surface area contributed by atoms with Crippen LogP contribution in [0.3, 0.4) is 0 Å². The van der Waals surface area contributed by atoms with Crippen LogP contribution in [0.2, 0.25) is 0 Å². The molecule has 0 aliphatic rings. The van der Waals surface area contributed by atoms with E-state index in [1.807, 2.05) is 22.9 Å². The topological polar surface area (TPSA) is 53.1 Å². The molecule has 0 spiro atoms. The molecule has 0 saturated carbocycles. The summed E-state index contributed by atoms with van der Waals surface area (Å²) in [5, 5.41) is 0.963. The van der Waals surface area contributed by atoms with Gasteiger partial charge in [0.05, 0.1) is 11.7 Å². The van der Waals surface area contributed by atoms with Crippen LogP contribution >= 0.6 is 15.9 Å². The van der Waals surface area contributed by atoms with Crippen LogP contribution in [0.5, 0.6) is 0 Å². The van der Waals surface area contributed by atoms with E-state index < -0.39 is 17.7 Å². The summed E-state index contributed by atoms with van der Waals surface area (Å²) in [4.78, 5) is 4.68. The van der Waals surface area contributed by atoms with Crippen molar-refractivity contribution in [3.8, 4) is 0 Å². The Morgan fingerprint density at radius 3 is 2.65 bits per heavy atom. The Labute approximate surface area is 159 Å². The second kappa shape index (κ2) is 8.24. The highest BCUT2D eigenvalue weighted by atomic mass is 79.9. The molecule has 0 saturated heterocycles. The Morgan fingerprint density at radius 1 is 1.23 bits per heavy atom. The summed E-state index contributed by atoms with van der Waals surface area (Å²) in [6.07, 6.45) is 3.13. The highest BCUT2D eigenvalue weighted by Crippen LogP contribution is 2.28. The first-order chi connectivity index (χ1) is 12.5. The Hall–Kier alpha value is -1.83. The molecule has 1 aromatic carbocycles. The van der Waals surface area contributed by atoms with E-state index in [4.69, 9.17) is 10.5 Å². The van der Waals surface area contributed by atoms with Gasteiger partial charge in [0.1, 0.15) is 24.0 Å². The number of benzene rings is 1. The van der Waals surface area contributed by atoms with Crippen LogP contribution in [-0.2, 0) is 17.9 Å². The molecule has 0 fully saturated rings. The van der Waals surface area contributed by atoms with Crippen LogP contribution < -0.4 is 5.73 Å². The molecule has 0 radical (unpaired) electrons. The number of pyridine rings is 1. The Bertz CT molecular complexity index is 893. The molecule has 1 unspecified atom stereocenters. The second-order valence-corrected chi connectivity index (χ2v) is 7.03. The fourth-order valence-corrected chi connectivity index (χ4v) is 3.48. The third-order valence-corrected chi connectivity index (χ3v) is 4.66. The van der Waals surface area contributed by atoms with Crippen molar-refractivity contribution >= 4 is 27.0 Å². The maximum Gasteiger partial charge on any atom is 0.142 e. The van der Waals surface area contributed by atoms with E-state index in [2.05, 4.69) is 27.8 Å². The fourth-order valence-electron chi connectivity index (χ4n) is 2.85. The van der Waals surface area contributed by atoms with Crippen molar-refractivity contribution in [2.75, 3.05) is 6.61 Å². The number of nitrogens with two attached hydrogens (primary N) is 1. The molecule has 2 N–H and O–H groups in total. The normalized spacial score (nSPS) is 12.7. The molecule has 3 rings (SSSR count). The van der Waals surface area contributed by atoms with Gasteiger partial charge in [-0.15, -0.1) is 0 Å². The molecule has 138 valence electrons. The number of hydrogen-bond donors (Lipinski definition) is 1. The molecular weight excluding hydrogens is 404 g/mol. The largest absolute Gasteiger partial charge is 0.361 e. The molecule has 4 nitrogen and oxygen atoms in total. The SMILES string of the molecule is CCCOCn1ccc2cc(Br)c(C(N)Cc3cc(F)cc(F)c3)nc21. The van der Waals surface area contributed by atoms with E-state index in [1.54, 1.807) is 0 Å². The average Bonchev–Trinajstić information content (AvgIpc) is 2.95. The van der Waals surface area contributed by atoms with Crippen LogP contribution in [0, 0.1) is 11.6 Å². The third-order valence-electron chi connectivity index (χ3n) is 4.03. The molecule has 1 atom stereocenters. The van der Waals surface area contributed by atoms with Crippen molar-refractivity contribution < 1.29 is 13.5 Å². The summed E-state index contributed by atoms with van der Waals surface area (Å²) in [6.45, 7) is 3.14. The fraction of sp³-hybridized carbons (Fsp3) is 0.316. The number of ether oxygens (including phenoxy) is 1. The Balaban J connectivity index is 1.87. The smallest absolute Gasteiger partial charge is 0.142 e. The van der Waals surface area contributed by atoms with Crippen molar-refractivity contribution in [2.24, 2.45) is 5.73 Å². The number of nitrogens with zero attached hydrogens (tertiary/aromatic N) is 2. The summed E-state index contributed by atoms with van der Waals surface area (Å²) in [5.41, 5.74) is 8.17. The van der Waals surface area contributed by atoms with Crippen molar-refractivity contribution in [1.29, 1.82) is 0 Å². The van der Waals surface area contributed by atoms with E-state index >= 15 is 0 Å². The first-order valence-electron chi connectivity index (χ1n) is 8.41. The number of fused-ring (bicyclic) bond motifs is 1. The van der Waals surface area contributed by atoms with Gasteiger partial charge in [-0.3, -0.25) is 0 Å². The Kier molecular flexibility index (Phi) is 6.01. The standard InChI is InChI=1S/C19H20BrF2N3O/c1-2-5-26-11-25-4-3-13-9-16(20)18(24-19(13)25)17(23)8-12-6-14(21)10-15(22)7-12/h3-4,6-7,9-10,17H,2,5,8,11,23H2,1H3. The van der Waals surface area contributed by atoms with Gasteiger partial charge in [-0.25, -0.2) is 13.8 Å². The van der Waals surface area contributed by atoms with Gasteiger partial charge < -0.3 is 15.0 Å². The molecule has 26 heavy (non-hydrogen) atoms. The van der Waals surface area contributed by atoms with Crippen molar-refractivity contribution in [3.63, 3.8) is 0 Å². The van der Waals surface area contributed by atoms with E-state index in [0.717, 1.165) is 28.0 Å². The molecular formula is C19H20BrF2N3O. The van der Waals surface area contributed by atoms with Gasteiger partial charge in [-0.2, -0.15) is 0 Å². The minimum atomic E-state index is -0.614. The van der Waals surface area contributed by atoms with Crippen LogP contribution in [0.1, 0.15) is 30.6 Å². The predicted octanol–water partition coefficient (Wildman–Crippen LogP) is 4.70.